The minimum Gasteiger partial charge on any atom is -0.542 e. The Kier molecular flexibility index (Phi) is 8.98. The van der Waals surface area contributed by atoms with Crippen molar-refractivity contribution in [2.75, 3.05) is 6.54 Å². The molecule has 1 aromatic rings. The lowest BCUT2D eigenvalue weighted by Crippen LogP contribution is -2.38. The van der Waals surface area contributed by atoms with Gasteiger partial charge in [-0.1, -0.05) is 4.68 Å². The van der Waals surface area contributed by atoms with E-state index in [2.05, 4.69) is 10.4 Å². The van der Waals surface area contributed by atoms with Crippen LogP contribution in [0.4, 0.5) is 13.2 Å². The van der Waals surface area contributed by atoms with Crippen molar-refractivity contribution in [2.24, 2.45) is 0 Å². The number of carboxylic acid groups (broad SMARTS) is 2. The molecule has 0 atom stereocenters. The summed E-state index contributed by atoms with van der Waals surface area (Å²) in [7, 11) is 0. The Morgan fingerprint density at radius 2 is 1.96 bits per heavy atom. The number of carbonyl (C=O) groups is 3. The lowest BCUT2D eigenvalue weighted by molar-refractivity contribution is -0.754. The van der Waals surface area contributed by atoms with E-state index >= 15 is 0 Å². The number of hydrogen-bond acceptors (Lipinski definition) is 5. The zero-order valence-electron chi connectivity index (χ0n) is 12.7. The van der Waals surface area contributed by atoms with E-state index < -0.39 is 18.1 Å². The SMILES string of the molecule is CCNC(=O)c1cc[n+](CCCC(=O)O)nc1.O=C([O-])C(F)(F)F. The van der Waals surface area contributed by atoms with Crippen molar-refractivity contribution in [2.45, 2.75) is 32.5 Å². The zero-order chi connectivity index (χ0) is 18.8. The van der Waals surface area contributed by atoms with Gasteiger partial charge in [0.2, 0.25) is 0 Å². The van der Waals surface area contributed by atoms with Crippen LogP contribution in [0.25, 0.3) is 0 Å². The molecule has 2 N–H and O–H groups in total. The standard InChI is InChI=1S/C11H15N3O3.C2HF3O2/c1-2-12-11(17)9-5-7-14(13-8-9)6-3-4-10(15)16;3-2(4,5)1(6)7/h5,7-8H,2-4,6H2,1H3,(H-,12,15,16,17);(H,6,7). The molecule has 0 spiro atoms. The molecule has 0 fully saturated rings. The van der Waals surface area contributed by atoms with E-state index in [0.717, 1.165) is 0 Å². The number of carbonyl (C=O) groups excluding carboxylic acids is 2. The summed E-state index contributed by atoms with van der Waals surface area (Å²) < 4.78 is 33.2. The lowest BCUT2D eigenvalue weighted by Gasteiger charge is -2.03. The van der Waals surface area contributed by atoms with Crippen LogP contribution in [-0.4, -0.2) is 40.8 Å². The van der Waals surface area contributed by atoms with Gasteiger partial charge in [0.05, 0.1) is 12.0 Å². The molecule has 0 aliphatic rings. The summed E-state index contributed by atoms with van der Waals surface area (Å²) in [6.07, 6.45) is -1.40. The number of nitrogens with one attached hydrogen (secondary N) is 1. The number of halogens is 3. The van der Waals surface area contributed by atoms with Crippen LogP contribution in [0.1, 0.15) is 30.1 Å². The molecule has 0 aliphatic carbocycles. The van der Waals surface area contributed by atoms with Crippen LogP contribution in [0.3, 0.4) is 0 Å². The fourth-order valence-electron chi connectivity index (χ4n) is 1.31. The maximum Gasteiger partial charge on any atom is 0.430 e. The second-order valence-corrected chi connectivity index (χ2v) is 4.32. The summed E-state index contributed by atoms with van der Waals surface area (Å²) in [5.74, 6) is -3.98. The third-order valence-corrected chi connectivity index (χ3v) is 2.38. The van der Waals surface area contributed by atoms with Crippen molar-refractivity contribution in [3.8, 4) is 0 Å². The molecule has 0 bridgehead atoms. The first kappa shape index (κ1) is 21.3. The predicted molar refractivity (Wildman–Crippen MR) is 70.4 cm³/mol. The molecular weight excluding hydrogens is 335 g/mol. The van der Waals surface area contributed by atoms with Crippen LogP contribution in [-0.2, 0) is 16.1 Å². The molecule has 1 aromatic heterocycles. The van der Waals surface area contributed by atoms with Crippen LogP contribution in [0.15, 0.2) is 18.5 Å². The highest BCUT2D eigenvalue weighted by Gasteiger charge is 2.28. The minimum atomic E-state index is -5.19. The van der Waals surface area contributed by atoms with Crippen molar-refractivity contribution < 1.29 is 42.4 Å². The van der Waals surface area contributed by atoms with Gasteiger partial charge in [-0.3, -0.25) is 9.59 Å². The number of carboxylic acids is 2. The zero-order valence-corrected chi connectivity index (χ0v) is 12.7. The molecule has 11 heteroatoms. The van der Waals surface area contributed by atoms with Gasteiger partial charge in [-0.15, -0.1) is 0 Å². The van der Waals surface area contributed by atoms with Gasteiger partial charge >= 0.3 is 12.1 Å². The summed E-state index contributed by atoms with van der Waals surface area (Å²) in [6.45, 7) is 2.95. The highest BCUT2D eigenvalue weighted by atomic mass is 19.4. The maximum absolute atomic E-state index is 11.4. The van der Waals surface area contributed by atoms with Gasteiger partial charge in [0, 0.05) is 19.0 Å². The third kappa shape index (κ3) is 9.33. The van der Waals surface area contributed by atoms with E-state index in [1.165, 1.54) is 6.20 Å². The Morgan fingerprint density at radius 1 is 1.38 bits per heavy atom. The largest absolute Gasteiger partial charge is 0.542 e. The van der Waals surface area contributed by atoms with E-state index in [-0.39, 0.29) is 12.3 Å². The Morgan fingerprint density at radius 3 is 2.33 bits per heavy atom. The van der Waals surface area contributed by atoms with E-state index in [0.29, 0.717) is 25.1 Å². The summed E-state index contributed by atoms with van der Waals surface area (Å²) in [4.78, 5) is 30.5. The van der Waals surface area contributed by atoms with Gasteiger partial charge in [-0.25, -0.2) is 0 Å². The summed E-state index contributed by atoms with van der Waals surface area (Å²) in [5.41, 5.74) is 0.501. The van der Waals surface area contributed by atoms with Crippen molar-refractivity contribution in [1.82, 2.24) is 10.4 Å². The van der Waals surface area contributed by atoms with Crippen LogP contribution >= 0.6 is 0 Å². The molecule has 1 heterocycles. The van der Waals surface area contributed by atoms with Crippen molar-refractivity contribution >= 4 is 17.8 Å². The Bertz CT molecular complexity index is 561. The predicted octanol–water partition coefficient (Wildman–Crippen LogP) is -0.718. The lowest BCUT2D eigenvalue weighted by atomic mass is 10.3. The topological polar surface area (TPSA) is 123 Å². The fourth-order valence-corrected chi connectivity index (χ4v) is 1.31. The van der Waals surface area contributed by atoms with E-state index in [1.54, 1.807) is 16.9 Å². The number of aryl methyl sites for hydroxylation is 1. The normalized spacial score (nSPS) is 10.3. The van der Waals surface area contributed by atoms with E-state index in [4.69, 9.17) is 15.0 Å². The van der Waals surface area contributed by atoms with Crippen LogP contribution in [0.2, 0.25) is 0 Å². The van der Waals surface area contributed by atoms with E-state index in [1.807, 2.05) is 6.92 Å². The third-order valence-electron chi connectivity index (χ3n) is 2.38. The van der Waals surface area contributed by atoms with E-state index in [9.17, 15) is 22.8 Å². The molecular formula is C13H16F3N3O5. The van der Waals surface area contributed by atoms with Gasteiger partial charge in [-0.2, -0.15) is 13.2 Å². The molecule has 134 valence electrons. The summed E-state index contributed by atoms with van der Waals surface area (Å²) in [6, 6.07) is 1.67. The quantitative estimate of drug-likeness (QED) is 0.652. The highest BCUT2D eigenvalue weighted by Crippen LogP contribution is 2.11. The van der Waals surface area contributed by atoms with Gasteiger partial charge < -0.3 is 20.3 Å². The molecule has 0 aliphatic heterocycles. The monoisotopic (exact) mass is 351 g/mol. The van der Waals surface area contributed by atoms with Crippen molar-refractivity contribution in [3.05, 3.63) is 24.0 Å². The maximum atomic E-state index is 11.4. The summed E-state index contributed by atoms with van der Waals surface area (Å²) in [5, 5.41) is 24.0. The number of rotatable bonds is 6. The molecule has 0 radical (unpaired) electrons. The Hall–Kier alpha value is -2.72. The molecule has 0 saturated heterocycles. The summed E-state index contributed by atoms with van der Waals surface area (Å²) >= 11 is 0. The van der Waals surface area contributed by atoms with Crippen molar-refractivity contribution in [3.63, 3.8) is 0 Å². The number of aromatic nitrogens is 2. The smallest absolute Gasteiger partial charge is 0.430 e. The van der Waals surface area contributed by atoms with Gasteiger partial charge in [0.1, 0.15) is 12.2 Å². The minimum absolute atomic E-state index is 0.118. The van der Waals surface area contributed by atoms with Gasteiger partial charge in [0.25, 0.3) is 5.91 Å². The Balaban J connectivity index is 0.000000640. The number of amides is 1. The second kappa shape index (κ2) is 10.1. The first-order chi connectivity index (χ1) is 11.1. The average molecular weight is 351 g/mol. The second-order valence-electron chi connectivity index (χ2n) is 4.32. The number of aliphatic carboxylic acids is 2. The molecule has 1 rings (SSSR count). The molecule has 24 heavy (non-hydrogen) atoms. The van der Waals surface area contributed by atoms with Crippen LogP contribution in [0.5, 0.6) is 0 Å². The number of hydrogen-bond donors (Lipinski definition) is 2. The highest BCUT2D eigenvalue weighted by molar-refractivity contribution is 5.93. The first-order valence-electron chi connectivity index (χ1n) is 6.71. The van der Waals surface area contributed by atoms with Gasteiger partial charge in [0.15, 0.2) is 12.7 Å². The molecule has 0 unspecified atom stereocenters. The number of nitrogens with zero attached hydrogens (tertiary/aromatic N) is 2. The van der Waals surface area contributed by atoms with Gasteiger partial charge in [-0.05, 0) is 12.0 Å². The Labute approximate surface area is 134 Å². The van der Waals surface area contributed by atoms with Crippen LogP contribution in [0, 0.1) is 0 Å². The number of alkyl halides is 3. The van der Waals surface area contributed by atoms with Crippen LogP contribution < -0.4 is 15.1 Å². The first-order valence-corrected chi connectivity index (χ1v) is 6.71. The molecule has 1 amide bonds. The van der Waals surface area contributed by atoms with Crippen molar-refractivity contribution in [1.29, 1.82) is 0 Å². The average Bonchev–Trinajstić information content (AvgIpc) is 2.47. The fraction of sp³-hybridized carbons (Fsp3) is 0.462. The molecule has 0 aromatic carbocycles. The molecule has 8 nitrogen and oxygen atoms in total. The molecule has 0 saturated carbocycles.